The van der Waals surface area contributed by atoms with Crippen LogP contribution in [0.4, 0.5) is 16.2 Å². The minimum absolute atomic E-state index is 0.0321. The number of methoxy groups -OCH3 is 1. The van der Waals surface area contributed by atoms with E-state index in [0.717, 1.165) is 11.3 Å². The Morgan fingerprint density at radius 2 is 1.78 bits per heavy atom. The summed E-state index contributed by atoms with van der Waals surface area (Å²) >= 11 is 0. The molecule has 7 heteroatoms. The van der Waals surface area contributed by atoms with E-state index in [1.54, 1.807) is 13.2 Å². The molecule has 0 spiro atoms. The lowest BCUT2D eigenvalue weighted by Crippen LogP contribution is -2.23. The van der Waals surface area contributed by atoms with Gasteiger partial charge in [0.05, 0.1) is 12.0 Å². The second-order valence-corrected chi connectivity index (χ2v) is 4.51. The van der Waals surface area contributed by atoms with Gasteiger partial charge in [0, 0.05) is 24.0 Å². The van der Waals surface area contributed by atoms with Gasteiger partial charge in [-0.15, -0.1) is 0 Å². The van der Waals surface area contributed by atoms with Gasteiger partial charge in [-0.05, 0) is 35.9 Å². The number of amides is 2. The maximum Gasteiger partial charge on any atom is 0.323 e. The minimum atomic E-state index is -0.499. The van der Waals surface area contributed by atoms with E-state index < -0.39 is 11.0 Å². The minimum Gasteiger partial charge on any atom is -0.497 e. The number of anilines is 1. The van der Waals surface area contributed by atoms with Gasteiger partial charge < -0.3 is 15.4 Å². The highest BCUT2D eigenvalue weighted by Crippen LogP contribution is 2.15. The second-order valence-electron chi connectivity index (χ2n) is 4.51. The molecule has 0 saturated heterocycles. The molecule has 0 unspecified atom stereocenters. The summed E-state index contributed by atoms with van der Waals surface area (Å²) in [4.78, 5) is 21.7. The Labute approximate surface area is 132 Å². The number of nitrogens with zero attached hydrogens (tertiary/aromatic N) is 1. The molecule has 2 N–H and O–H groups in total. The number of nitro groups is 1. The molecule has 0 atom stereocenters. The number of carbonyl (C=O) groups excluding carboxylic acids is 1. The van der Waals surface area contributed by atoms with Crippen molar-refractivity contribution >= 4 is 23.5 Å². The zero-order chi connectivity index (χ0) is 16.7. The molecule has 2 aromatic rings. The molecule has 118 valence electrons. The van der Waals surface area contributed by atoms with E-state index in [9.17, 15) is 14.9 Å². The van der Waals surface area contributed by atoms with Crippen LogP contribution in [0.2, 0.25) is 0 Å². The van der Waals surface area contributed by atoms with Crippen molar-refractivity contribution in [1.29, 1.82) is 0 Å². The fraction of sp³-hybridized carbons (Fsp3) is 0.0625. The highest BCUT2D eigenvalue weighted by atomic mass is 16.6. The molecule has 7 nitrogen and oxygen atoms in total. The standard InChI is InChI=1S/C16H15N3O4/c1-23-15-8-2-12(3-9-15)10-11-17-16(20)18-13-4-6-14(7-5-13)19(21)22/h2-11H,1H3,(H2,17,18,20)/b11-10+. The van der Waals surface area contributed by atoms with Crippen LogP contribution in [-0.4, -0.2) is 18.1 Å². The van der Waals surface area contributed by atoms with Crippen LogP contribution < -0.4 is 15.4 Å². The highest BCUT2D eigenvalue weighted by molar-refractivity contribution is 5.90. The molecule has 2 amide bonds. The Kier molecular flexibility index (Phi) is 5.30. The van der Waals surface area contributed by atoms with Gasteiger partial charge in [0.1, 0.15) is 5.75 Å². The van der Waals surface area contributed by atoms with Crippen LogP contribution in [0.1, 0.15) is 5.56 Å². The largest absolute Gasteiger partial charge is 0.497 e. The van der Waals surface area contributed by atoms with Gasteiger partial charge >= 0.3 is 6.03 Å². The Balaban J connectivity index is 1.86. The number of urea groups is 1. The summed E-state index contributed by atoms with van der Waals surface area (Å²) < 4.78 is 5.06. The molecule has 0 aromatic heterocycles. The molecule has 0 fully saturated rings. The number of hydrogen-bond acceptors (Lipinski definition) is 4. The smallest absolute Gasteiger partial charge is 0.323 e. The molecule has 0 aliphatic rings. The van der Waals surface area contributed by atoms with Crippen molar-refractivity contribution in [3.05, 3.63) is 70.4 Å². The summed E-state index contributed by atoms with van der Waals surface area (Å²) in [6.45, 7) is 0. The third-order valence-electron chi connectivity index (χ3n) is 2.94. The molecule has 0 aliphatic heterocycles. The first-order valence-corrected chi connectivity index (χ1v) is 6.71. The normalized spacial score (nSPS) is 10.3. The van der Waals surface area contributed by atoms with Gasteiger partial charge in [-0.2, -0.15) is 0 Å². The number of carbonyl (C=O) groups is 1. The number of nitrogens with one attached hydrogen (secondary N) is 2. The van der Waals surface area contributed by atoms with Crippen LogP contribution in [0.3, 0.4) is 0 Å². The average Bonchev–Trinajstić information content (AvgIpc) is 2.56. The van der Waals surface area contributed by atoms with Crippen LogP contribution in [-0.2, 0) is 0 Å². The third-order valence-corrected chi connectivity index (χ3v) is 2.94. The number of rotatable bonds is 5. The summed E-state index contributed by atoms with van der Waals surface area (Å²) in [5.74, 6) is 0.756. The van der Waals surface area contributed by atoms with Crippen LogP contribution in [0.5, 0.6) is 5.75 Å². The summed E-state index contributed by atoms with van der Waals surface area (Å²) in [6, 6.07) is 12.5. The molecule has 2 aromatic carbocycles. The number of nitro benzene ring substituents is 1. The van der Waals surface area contributed by atoms with Crippen LogP contribution in [0, 0.1) is 10.1 Å². The summed E-state index contributed by atoms with van der Waals surface area (Å²) in [5, 5.41) is 15.7. The average molecular weight is 313 g/mol. The number of non-ortho nitro benzene ring substituents is 1. The van der Waals surface area contributed by atoms with Crippen molar-refractivity contribution in [2.75, 3.05) is 12.4 Å². The van der Waals surface area contributed by atoms with Crippen LogP contribution >= 0.6 is 0 Å². The summed E-state index contributed by atoms with van der Waals surface area (Å²) in [7, 11) is 1.59. The Bertz CT molecular complexity index is 709. The fourth-order valence-corrected chi connectivity index (χ4v) is 1.76. The number of hydrogen-bond donors (Lipinski definition) is 2. The van der Waals surface area contributed by atoms with E-state index in [1.807, 2.05) is 24.3 Å². The van der Waals surface area contributed by atoms with E-state index >= 15 is 0 Å². The van der Waals surface area contributed by atoms with E-state index in [1.165, 1.54) is 30.5 Å². The predicted molar refractivity (Wildman–Crippen MR) is 87.3 cm³/mol. The lowest BCUT2D eigenvalue weighted by Gasteiger charge is -2.04. The first-order chi connectivity index (χ1) is 11.1. The topological polar surface area (TPSA) is 93.5 Å². The molecule has 23 heavy (non-hydrogen) atoms. The van der Waals surface area contributed by atoms with Gasteiger partial charge in [-0.1, -0.05) is 12.1 Å². The van der Waals surface area contributed by atoms with Gasteiger partial charge in [0.25, 0.3) is 5.69 Å². The van der Waals surface area contributed by atoms with Gasteiger partial charge in [-0.25, -0.2) is 4.79 Å². The van der Waals surface area contributed by atoms with Crippen LogP contribution in [0.25, 0.3) is 6.08 Å². The SMILES string of the molecule is COc1ccc(/C=C/NC(=O)Nc2ccc([N+](=O)[O-])cc2)cc1. The summed E-state index contributed by atoms with van der Waals surface area (Å²) in [5.41, 5.74) is 1.34. The third kappa shape index (κ3) is 4.85. The Morgan fingerprint density at radius 1 is 1.13 bits per heavy atom. The molecule has 0 aliphatic carbocycles. The monoisotopic (exact) mass is 313 g/mol. The predicted octanol–water partition coefficient (Wildman–Crippen LogP) is 3.40. The van der Waals surface area contributed by atoms with Gasteiger partial charge in [-0.3, -0.25) is 10.1 Å². The lowest BCUT2D eigenvalue weighted by atomic mass is 10.2. The number of ether oxygens (including phenoxy) is 1. The summed E-state index contributed by atoms with van der Waals surface area (Å²) in [6.07, 6.45) is 3.23. The fourth-order valence-electron chi connectivity index (χ4n) is 1.76. The van der Waals surface area contributed by atoms with E-state index in [-0.39, 0.29) is 5.69 Å². The van der Waals surface area contributed by atoms with Crippen molar-refractivity contribution in [3.63, 3.8) is 0 Å². The maximum absolute atomic E-state index is 11.7. The van der Waals surface area contributed by atoms with Crippen molar-refractivity contribution in [3.8, 4) is 5.75 Å². The highest BCUT2D eigenvalue weighted by Gasteiger charge is 2.05. The zero-order valence-electron chi connectivity index (χ0n) is 12.4. The second kappa shape index (κ2) is 7.60. The molecule has 0 saturated carbocycles. The lowest BCUT2D eigenvalue weighted by molar-refractivity contribution is -0.384. The molecule has 0 bridgehead atoms. The van der Waals surface area contributed by atoms with E-state index in [4.69, 9.17) is 4.74 Å². The van der Waals surface area contributed by atoms with Crippen molar-refractivity contribution in [2.24, 2.45) is 0 Å². The molecule has 2 rings (SSSR count). The quantitative estimate of drug-likeness (QED) is 0.653. The first-order valence-electron chi connectivity index (χ1n) is 6.71. The first kappa shape index (κ1) is 16.0. The van der Waals surface area contributed by atoms with E-state index in [0.29, 0.717) is 5.69 Å². The van der Waals surface area contributed by atoms with Crippen molar-refractivity contribution in [2.45, 2.75) is 0 Å². The molecular weight excluding hydrogens is 298 g/mol. The maximum atomic E-state index is 11.7. The van der Waals surface area contributed by atoms with Gasteiger partial charge in [0.15, 0.2) is 0 Å². The van der Waals surface area contributed by atoms with Crippen molar-refractivity contribution in [1.82, 2.24) is 5.32 Å². The Hall–Kier alpha value is -3.35. The molecule has 0 heterocycles. The Morgan fingerprint density at radius 3 is 2.35 bits per heavy atom. The van der Waals surface area contributed by atoms with Crippen molar-refractivity contribution < 1.29 is 14.5 Å². The van der Waals surface area contributed by atoms with Gasteiger partial charge in [0.2, 0.25) is 0 Å². The number of benzene rings is 2. The van der Waals surface area contributed by atoms with Crippen LogP contribution in [0.15, 0.2) is 54.7 Å². The van der Waals surface area contributed by atoms with E-state index in [2.05, 4.69) is 10.6 Å². The zero-order valence-corrected chi connectivity index (χ0v) is 12.4. The molecular formula is C16H15N3O4. The molecule has 0 radical (unpaired) electrons.